The number of aryl methyl sites for hydroxylation is 1. The number of carbonyl (C=O) groups excluding carboxylic acids is 2. The van der Waals surface area contributed by atoms with Crippen LogP contribution in [-0.2, 0) is 26.7 Å². The van der Waals surface area contributed by atoms with Crippen LogP contribution in [0.1, 0.15) is 79.8 Å². The SMILES string of the molecule is CC(=O)N(C)[C@@H]1CCCCCS(=O)(=O)NC(=O)c2ccc3c(c2)N(C[C@@H]2CC[C@H]21)C[C@@]1(CCCc2cc(Cl)ccc21)CO3. The molecule has 2 amide bonds. The van der Waals surface area contributed by atoms with E-state index < -0.39 is 15.9 Å². The highest BCUT2D eigenvalue weighted by Crippen LogP contribution is 2.47. The molecule has 0 unspecified atom stereocenters. The Balaban J connectivity index is 1.42. The lowest BCUT2D eigenvalue weighted by molar-refractivity contribution is -0.132. The van der Waals surface area contributed by atoms with E-state index in [-0.39, 0.29) is 23.1 Å². The molecule has 2 heterocycles. The molecule has 2 bridgehead atoms. The normalized spacial score (nSPS) is 28.8. The number of benzene rings is 2. The van der Waals surface area contributed by atoms with Crippen molar-refractivity contribution in [3.63, 3.8) is 0 Å². The number of anilines is 1. The zero-order valence-corrected chi connectivity index (χ0v) is 26.7. The number of amides is 2. The summed E-state index contributed by atoms with van der Waals surface area (Å²) in [5.74, 6) is 0.782. The Morgan fingerprint density at radius 3 is 2.70 bits per heavy atom. The number of hydrogen-bond acceptors (Lipinski definition) is 6. The molecular formula is C33H42ClN3O5S. The molecule has 4 atom stereocenters. The second-order valence-electron chi connectivity index (χ2n) is 13.1. The quantitative estimate of drug-likeness (QED) is 0.460. The van der Waals surface area contributed by atoms with Gasteiger partial charge in [0.15, 0.2) is 0 Å². The van der Waals surface area contributed by atoms with Crippen LogP contribution in [0.15, 0.2) is 36.4 Å². The van der Waals surface area contributed by atoms with Crippen molar-refractivity contribution in [2.24, 2.45) is 11.8 Å². The third kappa shape index (κ3) is 6.12. The van der Waals surface area contributed by atoms with Crippen LogP contribution in [0.4, 0.5) is 5.69 Å². The van der Waals surface area contributed by atoms with Crippen LogP contribution in [0.5, 0.6) is 5.75 Å². The molecule has 2 aromatic rings. The Kier molecular flexibility index (Phi) is 8.41. The number of carbonyl (C=O) groups is 2. The minimum Gasteiger partial charge on any atom is -0.490 e. The molecule has 232 valence electrons. The summed E-state index contributed by atoms with van der Waals surface area (Å²) < 4.78 is 34.5. The third-order valence-corrected chi connectivity index (χ3v) is 11.9. The van der Waals surface area contributed by atoms with Gasteiger partial charge in [0.1, 0.15) is 5.75 Å². The van der Waals surface area contributed by atoms with E-state index in [4.69, 9.17) is 16.3 Å². The van der Waals surface area contributed by atoms with E-state index in [0.717, 1.165) is 68.6 Å². The number of nitrogens with zero attached hydrogens (tertiary/aromatic N) is 2. The molecule has 1 fully saturated rings. The molecule has 4 aliphatic rings. The van der Waals surface area contributed by atoms with Crippen molar-refractivity contribution in [2.45, 2.75) is 76.2 Å². The van der Waals surface area contributed by atoms with Gasteiger partial charge in [-0.3, -0.25) is 9.59 Å². The minimum absolute atomic E-state index is 0.0601. The molecule has 8 nitrogen and oxygen atoms in total. The fourth-order valence-corrected chi connectivity index (χ4v) is 9.15. The first-order chi connectivity index (χ1) is 20.6. The first-order valence-corrected chi connectivity index (χ1v) is 17.7. The van der Waals surface area contributed by atoms with E-state index in [1.165, 1.54) is 11.1 Å². The second kappa shape index (κ2) is 12.0. The van der Waals surface area contributed by atoms with Crippen molar-refractivity contribution in [3.8, 4) is 5.75 Å². The average molecular weight is 628 g/mol. The van der Waals surface area contributed by atoms with Crippen molar-refractivity contribution in [3.05, 3.63) is 58.1 Å². The fourth-order valence-electron chi connectivity index (χ4n) is 7.87. The Labute approximate surface area is 260 Å². The van der Waals surface area contributed by atoms with E-state index in [1.807, 2.05) is 24.1 Å². The van der Waals surface area contributed by atoms with Gasteiger partial charge in [-0.05, 0) is 98.2 Å². The van der Waals surface area contributed by atoms with Crippen molar-refractivity contribution in [2.75, 3.05) is 37.4 Å². The van der Waals surface area contributed by atoms with Gasteiger partial charge in [0.2, 0.25) is 15.9 Å². The van der Waals surface area contributed by atoms with Crippen molar-refractivity contribution >= 4 is 39.1 Å². The van der Waals surface area contributed by atoms with Gasteiger partial charge >= 0.3 is 0 Å². The smallest absolute Gasteiger partial charge is 0.264 e. The maximum Gasteiger partial charge on any atom is 0.264 e. The summed E-state index contributed by atoms with van der Waals surface area (Å²) in [4.78, 5) is 30.0. The molecule has 2 aliphatic heterocycles. The first-order valence-electron chi connectivity index (χ1n) is 15.6. The fraction of sp³-hybridized carbons (Fsp3) is 0.576. The van der Waals surface area contributed by atoms with Crippen LogP contribution in [-0.4, -0.2) is 63.7 Å². The van der Waals surface area contributed by atoms with Crippen molar-refractivity contribution in [1.82, 2.24) is 9.62 Å². The molecule has 0 radical (unpaired) electrons. The number of sulfonamides is 1. The molecule has 1 N–H and O–H groups in total. The summed E-state index contributed by atoms with van der Waals surface area (Å²) in [7, 11) is -1.88. The molecule has 2 aromatic carbocycles. The number of fused-ring (bicyclic) bond motifs is 4. The molecule has 0 saturated heterocycles. The number of halogens is 1. The van der Waals surface area contributed by atoms with Crippen LogP contribution < -0.4 is 14.4 Å². The lowest BCUT2D eigenvalue weighted by Gasteiger charge is -2.48. The number of rotatable bonds is 1. The Hall–Kier alpha value is -2.78. The maximum atomic E-state index is 13.2. The number of ether oxygens (including phenoxy) is 1. The van der Waals surface area contributed by atoms with Gasteiger partial charge in [-0.15, -0.1) is 0 Å². The summed E-state index contributed by atoms with van der Waals surface area (Å²) in [6.07, 6.45) is 7.99. The number of hydrogen-bond donors (Lipinski definition) is 1. The van der Waals surface area contributed by atoms with Gasteiger partial charge in [0.05, 0.1) is 18.0 Å². The molecule has 1 spiro atoms. The van der Waals surface area contributed by atoms with Crippen LogP contribution in [0.3, 0.4) is 0 Å². The van der Waals surface area contributed by atoms with Gasteiger partial charge in [0, 0.05) is 49.1 Å². The lowest BCUT2D eigenvalue weighted by Crippen LogP contribution is -2.52. The Bertz CT molecular complexity index is 1510. The van der Waals surface area contributed by atoms with Crippen molar-refractivity contribution in [1.29, 1.82) is 0 Å². The molecule has 0 aromatic heterocycles. The second-order valence-corrected chi connectivity index (χ2v) is 15.4. The topological polar surface area (TPSA) is 96.0 Å². The zero-order valence-electron chi connectivity index (χ0n) is 25.1. The van der Waals surface area contributed by atoms with E-state index in [1.54, 1.807) is 19.1 Å². The highest BCUT2D eigenvalue weighted by Gasteiger charge is 2.45. The minimum atomic E-state index is -3.78. The first kappa shape index (κ1) is 30.3. The van der Waals surface area contributed by atoms with E-state index in [9.17, 15) is 18.0 Å². The highest BCUT2D eigenvalue weighted by molar-refractivity contribution is 7.90. The van der Waals surface area contributed by atoms with E-state index in [2.05, 4.69) is 21.8 Å². The summed E-state index contributed by atoms with van der Waals surface area (Å²) in [6.45, 7) is 3.63. The van der Waals surface area contributed by atoms with Gasteiger partial charge in [-0.1, -0.05) is 30.5 Å². The molecule has 6 rings (SSSR count). The van der Waals surface area contributed by atoms with Gasteiger partial charge in [-0.2, -0.15) is 0 Å². The van der Waals surface area contributed by atoms with Gasteiger partial charge < -0.3 is 14.5 Å². The molecule has 2 aliphatic carbocycles. The largest absolute Gasteiger partial charge is 0.490 e. The molecule has 10 heteroatoms. The predicted octanol–water partition coefficient (Wildman–Crippen LogP) is 5.32. The van der Waals surface area contributed by atoms with Crippen LogP contribution in [0, 0.1) is 11.8 Å². The maximum absolute atomic E-state index is 13.2. The van der Waals surface area contributed by atoms with Crippen LogP contribution in [0.2, 0.25) is 5.02 Å². The summed E-state index contributed by atoms with van der Waals surface area (Å²) >= 11 is 6.41. The van der Waals surface area contributed by atoms with Crippen molar-refractivity contribution < 1.29 is 22.7 Å². The molecule has 43 heavy (non-hydrogen) atoms. The monoisotopic (exact) mass is 627 g/mol. The van der Waals surface area contributed by atoms with Crippen LogP contribution in [0.25, 0.3) is 0 Å². The third-order valence-electron chi connectivity index (χ3n) is 10.4. The summed E-state index contributed by atoms with van der Waals surface area (Å²) in [5, 5.41) is 0.738. The summed E-state index contributed by atoms with van der Waals surface area (Å²) in [6, 6.07) is 11.6. The Morgan fingerprint density at radius 2 is 1.93 bits per heavy atom. The zero-order chi connectivity index (χ0) is 30.4. The van der Waals surface area contributed by atoms with Gasteiger partial charge in [-0.25, -0.2) is 13.1 Å². The molecule has 1 saturated carbocycles. The lowest BCUT2D eigenvalue weighted by atomic mass is 9.67. The van der Waals surface area contributed by atoms with E-state index in [0.29, 0.717) is 42.7 Å². The average Bonchev–Trinajstić information content (AvgIpc) is 3.10. The predicted molar refractivity (Wildman–Crippen MR) is 168 cm³/mol. The van der Waals surface area contributed by atoms with E-state index >= 15 is 0 Å². The molecular weight excluding hydrogens is 586 g/mol. The number of nitrogens with one attached hydrogen (secondary N) is 1. The summed E-state index contributed by atoms with van der Waals surface area (Å²) in [5.41, 5.74) is 3.40. The Morgan fingerprint density at radius 1 is 1.09 bits per heavy atom. The standard InChI is InChI=1S/C33H42ClN3O5S/c1-22(38)36(2)29-8-4-3-5-16-43(40,41)35-32(39)24-10-14-31-30(18-24)37(19-25-9-12-27(25)29)20-33(21-42-31)15-6-7-23-17-26(34)11-13-28(23)33/h10-11,13-14,17-18,25,27,29H,3-9,12,15-16,19-21H2,1-2H3,(H,35,39)/t25-,27+,29+,33-/m0/s1. The van der Waals surface area contributed by atoms with Gasteiger partial charge in [0.25, 0.3) is 5.91 Å². The highest BCUT2D eigenvalue weighted by atomic mass is 35.5. The van der Waals surface area contributed by atoms with Crippen LogP contribution >= 0.6 is 11.6 Å².